The Hall–Kier alpha value is -2.94. The van der Waals surface area contributed by atoms with Crippen molar-refractivity contribution in [3.8, 4) is 0 Å². The van der Waals surface area contributed by atoms with Crippen LogP contribution in [0.3, 0.4) is 0 Å². The van der Waals surface area contributed by atoms with E-state index in [0.29, 0.717) is 5.56 Å². The third-order valence-electron chi connectivity index (χ3n) is 5.19. The number of hydrogen-bond donors (Lipinski definition) is 1. The quantitative estimate of drug-likeness (QED) is 0.769. The van der Waals surface area contributed by atoms with E-state index in [1.54, 1.807) is 0 Å². The Balaban J connectivity index is 2.02. The first-order chi connectivity index (χ1) is 12.0. The van der Waals surface area contributed by atoms with Crippen LogP contribution in [0.1, 0.15) is 46.8 Å². The van der Waals surface area contributed by atoms with E-state index in [4.69, 9.17) is 5.73 Å². The summed E-state index contributed by atoms with van der Waals surface area (Å²) in [6.45, 7) is 6.10. The van der Waals surface area contributed by atoms with Crippen LogP contribution in [-0.2, 0) is 5.41 Å². The first-order valence-electron chi connectivity index (χ1n) is 8.47. The summed E-state index contributed by atoms with van der Waals surface area (Å²) < 4.78 is 0. The maximum Gasteiger partial charge on any atom is 0.249 e. The van der Waals surface area contributed by atoms with Crippen molar-refractivity contribution in [2.24, 2.45) is 5.73 Å². The molecule has 3 heteroatoms. The summed E-state index contributed by atoms with van der Waals surface area (Å²) >= 11 is 0. The van der Waals surface area contributed by atoms with E-state index in [0.717, 1.165) is 40.4 Å². The number of carbonyl (C=O) groups is 1. The molecule has 0 unspecified atom stereocenters. The van der Waals surface area contributed by atoms with E-state index in [2.05, 4.69) is 29.8 Å². The number of primary amides is 1. The van der Waals surface area contributed by atoms with Crippen LogP contribution in [0.2, 0.25) is 0 Å². The lowest BCUT2D eigenvalue weighted by molar-refractivity contribution is 0.0999. The van der Waals surface area contributed by atoms with E-state index in [9.17, 15) is 4.79 Å². The zero-order valence-electron chi connectivity index (χ0n) is 14.3. The standard InChI is InChI=1S/C22H20N2O/c1-14(2)15-12-19(16-7-5-11-24-20(16)13-15)22(9-10-22)18-8-4-3-6-17(18)21(23)25/h3-8,11-13H,1,9-10H2,2H3,(H2,23,25). The van der Waals surface area contributed by atoms with Crippen molar-refractivity contribution < 1.29 is 4.79 Å². The molecule has 0 bridgehead atoms. The van der Waals surface area contributed by atoms with Gasteiger partial charge in [-0.15, -0.1) is 0 Å². The Kier molecular flexibility index (Phi) is 3.46. The first-order valence-corrected chi connectivity index (χ1v) is 8.47. The molecule has 0 spiro atoms. The SMILES string of the molecule is C=C(C)c1cc(C2(c3ccccc3C(N)=O)CC2)c2cccnc2c1. The molecule has 0 radical (unpaired) electrons. The minimum Gasteiger partial charge on any atom is -0.366 e. The molecule has 0 saturated heterocycles. The number of nitrogens with two attached hydrogens (primary N) is 1. The number of benzene rings is 2. The number of carbonyl (C=O) groups excluding carboxylic acids is 1. The fraction of sp³-hybridized carbons (Fsp3) is 0.182. The second-order valence-electron chi connectivity index (χ2n) is 6.87. The summed E-state index contributed by atoms with van der Waals surface area (Å²) in [5, 5.41) is 1.13. The minimum atomic E-state index is -0.375. The van der Waals surface area contributed by atoms with Gasteiger partial charge in [0.15, 0.2) is 0 Å². The number of pyridine rings is 1. The zero-order valence-corrected chi connectivity index (χ0v) is 14.3. The molecule has 4 rings (SSSR count). The molecule has 1 aliphatic rings. The van der Waals surface area contributed by atoms with E-state index in [1.807, 2.05) is 43.5 Å². The second kappa shape index (κ2) is 5.55. The Bertz CT molecular complexity index is 1020. The Morgan fingerprint density at radius 1 is 1.12 bits per heavy atom. The van der Waals surface area contributed by atoms with Crippen molar-refractivity contribution in [1.29, 1.82) is 0 Å². The second-order valence-corrected chi connectivity index (χ2v) is 6.87. The lowest BCUT2D eigenvalue weighted by Gasteiger charge is -2.22. The van der Waals surface area contributed by atoms with Gasteiger partial charge in [0.25, 0.3) is 0 Å². The van der Waals surface area contributed by atoms with Gasteiger partial charge in [-0.2, -0.15) is 0 Å². The van der Waals surface area contributed by atoms with Crippen LogP contribution in [0.4, 0.5) is 0 Å². The molecule has 0 atom stereocenters. The van der Waals surface area contributed by atoms with Gasteiger partial charge in [-0.3, -0.25) is 9.78 Å². The van der Waals surface area contributed by atoms with Gasteiger partial charge >= 0.3 is 0 Å². The van der Waals surface area contributed by atoms with Gasteiger partial charge in [0.05, 0.1) is 5.52 Å². The highest BCUT2D eigenvalue weighted by atomic mass is 16.1. The average Bonchev–Trinajstić information content (AvgIpc) is 3.42. The molecular formula is C22H20N2O. The predicted octanol–water partition coefficient (Wildman–Crippen LogP) is 4.45. The molecule has 25 heavy (non-hydrogen) atoms. The smallest absolute Gasteiger partial charge is 0.249 e. The summed E-state index contributed by atoms with van der Waals surface area (Å²) in [4.78, 5) is 16.5. The molecule has 3 aromatic rings. The van der Waals surface area contributed by atoms with Crippen LogP contribution >= 0.6 is 0 Å². The minimum absolute atomic E-state index is 0.168. The number of hydrogen-bond acceptors (Lipinski definition) is 2. The van der Waals surface area contributed by atoms with Crippen LogP contribution in [-0.4, -0.2) is 10.9 Å². The highest BCUT2D eigenvalue weighted by Crippen LogP contribution is 2.56. The molecule has 1 fully saturated rings. The normalized spacial score (nSPS) is 15.1. The van der Waals surface area contributed by atoms with Crippen molar-refractivity contribution >= 4 is 22.4 Å². The fourth-order valence-corrected chi connectivity index (χ4v) is 3.75. The molecular weight excluding hydrogens is 308 g/mol. The van der Waals surface area contributed by atoms with Crippen molar-refractivity contribution in [2.75, 3.05) is 0 Å². The van der Waals surface area contributed by atoms with Gasteiger partial charge in [0, 0.05) is 22.6 Å². The van der Waals surface area contributed by atoms with Crippen LogP contribution < -0.4 is 5.73 Å². The third-order valence-corrected chi connectivity index (χ3v) is 5.19. The Morgan fingerprint density at radius 3 is 2.56 bits per heavy atom. The Morgan fingerprint density at radius 2 is 1.88 bits per heavy atom. The van der Waals surface area contributed by atoms with Crippen LogP contribution in [0, 0.1) is 0 Å². The van der Waals surface area contributed by atoms with Crippen LogP contribution in [0.15, 0.2) is 61.3 Å². The molecule has 1 amide bonds. The van der Waals surface area contributed by atoms with Crippen molar-refractivity contribution in [2.45, 2.75) is 25.2 Å². The lowest BCUT2D eigenvalue weighted by Crippen LogP contribution is -2.19. The maximum atomic E-state index is 12.0. The van der Waals surface area contributed by atoms with Gasteiger partial charge in [0.2, 0.25) is 5.91 Å². The van der Waals surface area contributed by atoms with E-state index >= 15 is 0 Å². The van der Waals surface area contributed by atoms with Gasteiger partial charge in [-0.25, -0.2) is 0 Å². The summed E-state index contributed by atoms with van der Waals surface area (Å²) in [7, 11) is 0. The monoisotopic (exact) mass is 328 g/mol. The first kappa shape index (κ1) is 15.6. The number of aromatic nitrogens is 1. The molecule has 1 aliphatic carbocycles. The Labute approximate surface area is 147 Å². The van der Waals surface area contributed by atoms with Crippen molar-refractivity contribution in [3.05, 3.63) is 83.6 Å². The predicted molar refractivity (Wildman–Crippen MR) is 101 cm³/mol. The molecule has 2 aromatic carbocycles. The van der Waals surface area contributed by atoms with Crippen molar-refractivity contribution in [1.82, 2.24) is 4.98 Å². The average molecular weight is 328 g/mol. The highest BCUT2D eigenvalue weighted by molar-refractivity contribution is 5.96. The molecule has 0 aliphatic heterocycles. The number of fused-ring (bicyclic) bond motifs is 1. The number of amides is 1. The fourth-order valence-electron chi connectivity index (χ4n) is 3.75. The zero-order chi connectivity index (χ0) is 17.6. The summed E-state index contributed by atoms with van der Waals surface area (Å²) in [5.41, 5.74) is 11.4. The van der Waals surface area contributed by atoms with Crippen LogP contribution in [0.25, 0.3) is 16.5 Å². The number of nitrogens with zero attached hydrogens (tertiary/aromatic N) is 1. The van der Waals surface area contributed by atoms with E-state index in [1.165, 1.54) is 5.56 Å². The van der Waals surface area contributed by atoms with E-state index < -0.39 is 0 Å². The molecule has 3 nitrogen and oxygen atoms in total. The maximum absolute atomic E-state index is 12.0. The summed E-state index contributed by atoms with van der Waals surface area (Å²) in [5.74, 6) is -0.375. The van der Waals surface area contributed by atoms with Crippen LogP contribution in [0.5, 0.6) is 0 Å². The topological polar surface area (TPSA) is 56.0 Å². The van der Waals surface area contributed by atoms with Gasteiger partial charge < -0.3 is 5.73 Å². The van der Waals surface area contributed by atoms with Gasteiger partial charge in [-0.1, -0.05) is 36.4 Å². The number of rotatable bonds is 4. The van der Waals surface area contributed by atoms with Crippen molar-refractivity contribution in [3.63, 3.8) is 0 Å². The molecule has 1 aromatic heterocycles. The highest BCUT2D eigenvalue weighted by Gasteiger charge is 2.48. The van der Waals surface area contributed by atoms with Gasteiger partial charge in [-0.05, 0) is 60.7 Å². The summed E-state index contributed by atoms with van der Waals surface area (Å²) in [6, 6.07) is 16.0. The molecule has 1 heterocycles. The molecule has 1 saturated carbocycles. The molecule has 2 N–H and O–H groups in total. The largest absolute Gasteiger partial charge is 0.366 e. The lowest BCUT2D eigenvalue weighted by atomic mass is 9.82. The van der Waals surface area contributed by atoms with Gasteiger partial charge in [0.1, 0.15) is 0 Å². The molecule has 124 valence electrons. The number of allylic oxidation sites excluding steroid dienone is 1. The summed E-state index contributed by atoms with van der Waals surface area (Å²) in [6.07, 6.45) is 3.81. The van der Waals surface area contributed by atoms with E-state index in [-0.39, 0.29) is 11.3 Å². The third kappa shape index (κ3) is 2.43.